The third-order valence-corrected chi connectivity index (χ3v) is 4.45. The Morgan fingerprint density at radius 1 is 1.23 bits per heavy atom. The number of benzene rings is 2. The molecule has 0 aliphatic rings. The highest BCUT2D eigenvalue weighted by Gasteiger charge is 2.05. The van der Waals surface area contributed by atoms with Crippen molar-refractivity contribution in [1.29, 1.82) is 0 Å². The number of rotatable bonds is 6. The molecule has 1 amide bonds. The van der Waals surface area contributed by atoms with Gasteiger partial charge in [-0.15, -0.1) is 11.8 Å². The molecule has 2 aromatic carbocycles. The van der Waals surface area contributed by atoms with Crippen LogP contribution >= 0.6 is 23.4 Å². The highest BCUT2D eigenvalue weighted by atomic mass is 35.5. The molecule has 5 heteroatoms. The molecule has 0 bridgehead atoms. The molecule has 0 fully saturated rings. The fourth-order valence-electron chi connectivity index (χ4n) is 1.85. The zero-order valence-electron chi connectivity index (χ0n) is 12.2. The second-order valence-corrected chi connectivity index (χ2v) is 6.38. The van der Waals surface area contributed by atoms with E-state index >= 15 is 0 Å². The predicted octanol–water partition coefficient (Wildman–Crippen LogP) is 4.34. The molecule has 2 aromatic rings. The first-order chi connectivity index (χ1) is 10.5. The Balaban J connectivity index is 1.72. The molecule has 0 atom stereocenters. The van der Waals surface area contributed by atoms with Gasteiger partial charge in [0.1, 0.15) is 5.82 Å². The molecule has 0 aliphatic heterocycles. The molecule has 116 valence electrons. The van der Waals surface area contributed by atoms with E-state index in [-0.39, 0.29) is 11.7 Å². The number of aryl methyl sites for hydroxylation is 1. The lowest BCUT2D eigenvalue weighted by molar-refractivity contribution is -0.118. The van der Waals surface area contributed by atoms with Gasteiger partial charge in [-0.05, 0) is 30.2 Å². The molecular formula is C17H17ClFNOS. The maximum absolute atomic E-state index is 12.9. The summed E-state index contributed by atoms with van der Waals surface area (Å²) in [5, 5.41) is 3.27. The van der Waals surface area contributed by atoms with Crippen LogP contribution in [-0.2, 0) is 17.1 Å². The highest BCUT2D eigenvalue weighted by Crippen LogP contribution is 2.22. The van der Waals surface area contributed by atoms with Crippen molar-refractivity contribution in [3.05, 3.63) is 70.0 Å². The summed E-state index contributed by atoms with van der Waals surface area (Å²) in [6.07, 6.45) is 0. The SMILES string of the molecule is Cc1ccc(CNC(=O)CSCc2ccc(F)cc2Cl)cc1. The number of carbonyl (C=O) groups is 1. The van der Waals surface area contributed by atoms with Gasteiger partial charge in [0.2, 0.25) is 5.91 Å². The largest absolute Gasteiger partial charge is 0.351 e. The Kier molecular flexibility index (Phi) is 6.28. The molecule has 1 N–H and O–H groups in total. The molecule has 0 unspecified atom stereocenters. The van der Waals surface area contributed by atoms with Crippen molar-refractivity contribution in [2.45, 2.75) is 19.2 Å². The van der Waals surface area contributed by atoms with Gasteiger partial charge in [-0.3, -0.25) is 4.79 Å². The van der Waals surface area contributed by atoms with E-state index in [1.807, 2.05) is 31.2 Å². The van der Waals surface area contributed by atoms with Gasteiger partial charge in [-0.2, -0.15) is 0 Å². The summed E-state index contributed by atoms with van der Waals surface area (Å²) in [7, 11) is 0. The quantitative estimate of drug-likeness (QED) is 0.849. The van der Waals surface area contributed by atoms with Crippen LogP contribution in [0.5, 0.6) is 0 Å². The number of nitrogens with one attached hydrogen (secondary N) is 1. The van der Waals surface area contributed by atoms with Crippen molar-refractivity contribution in [3.63, 3.8) is 0 Å². The summed E-state index contributed by atoms with van der Waals surface area (Å²) in [6, 6.07) is 12.4. The van der Waals surface area contributed by atoms with Gasteiger partial charge < -0.3 is 5.32 Å². The second kappa shape index (κ2) is 8.20. The molecule has 0 aromatic heterocycles. The average molecular weight is 338 g/mol. The van der Waals surface area contributed by atoms with Crippen LogP contribution in [0.2, 0.25) is 5.02 Å². The lowest BCUT2D eigenvalue weighted by Gasteiger charge is -2.07. The number of amides is 1. The smallest absolute Gasteiger partial charge is 0.230 e. The molecule has 0 saturated heterocycles. The molecule has 0 aliphatic carbocycles. The monoisotopic (exact) mass is 337 g/mol. The lowest BCUT2D eigenvalue weighted by Crippen LogP contribution is -2.24. The summed E-state index contributed by atoms with van der Waals surface area (Å²) in [4.78, 5) is 11.8. The van der Waals surface area contributed by atoms with Gasteiger partial charge in [0.15, 0.2) is 0 Å². The summed E-state index contributed by atoms with van der Waals surface area (Å²) >= 11 is 7.40. The molecule has 0 radical (unpaired) electrons. The third kappa shape index (κ3) is 5.35. The first-order valence-electron chi connectivity index (χ1n) is 6.88. The number of carbonyl (C=O) groups excluding carboxylic acids is 1. The van der Waals surface area contributed by atoms with E-state index in [0.29, 0.717) is 23.1 Å². The number of thioether (sulfide) groups is 1. The Morgan fingerprint density at radius 2 is 1.95 bits per heavy atom. The van der Waals surface area contributed by atoms with Crippen molar-refractivity contribution in [2.75, 3.05) is 5.75 Å². The maximum atomic E-state index is 12.9. The number of hydrogen-bond donors (Lipinski definition) is 1. The molecule has 0 spiro atoms. The van der Waals surface area contributed by atoms with Crippen molar-refractivity contribution in [3.8, 4) is 0 Å². The van der Waals surface area contributed by atoms with Crippen LogP contribution in [0, 0.1) is 12.7 Å². The van der Waals surface area contributed by atoms with Crippen LogP contribution in [0.15, 0.2) is 42.5 Å². The number of halogens is 2. The Bertz CT molecular complexity index is 646. The van der Waals surface area contributed by atoms with Crippen molar-refractivity contribution in [2.24, 2.45) is 0 Å². The fraction of sp³-hybridized carbons (Fsp3) is 0.235. The molecule has 0 heterocycles. The van der Waals surface area contributed by atoms with E-state index in [1.54, 1.807) is 6.07 Å². The average Bonchev–Trinajstić information content (AvgIpc) is 2.49. The van der Waals surface area contributed by atoms with Gasteiger partial charge in [0.25, 0.3) is 0 Å². The summed E-state index contributed by atoms with van der Waals surface area (Å²) in [6.45, 7) is 2.55. The molecule has 0 saturated carbocycles. The molecule has 2 rings (SSSR count). The van der Waals surface area contributed by atoms with Gasteiger partial charge in [0, 0.05) is 17.3 Å². The normalized spacial score (nSPS) is 10.5. The van der Waals surface area contributed by atoms with E-state index in [4.69, 9.17) is 11.6 Å². The third-order valence-electron chi connectivity index (χ3n) is 3.12. The van der Waals surface area contributed by atoms with Gasteiger partial charge in [0.05, 0.1) is 5.75 Å². The minimum atomic E-state index is -0.352. The zero-order chi connectivity index (χ0) is 15.9. The highest BCUT2D eigenvalue weighted by molar-refractivity contribution is 7.99. The standard InChI is InChI=1S/C17H17ClFNOS/c1-12-2-4-13(5-3-12)9-20-17(21)11-22-10-14-6-7-15(19)8-16(14)18/h2-8H,9-11H2,1H3,(H,20,21). The minimum absolute atomic E-state index is 0.0243. The predicted molar refractivity (Wildman–Crippen MR) is 90.6 cm³/mol. The minimum Gasteiger partial charge on any atom is -0.351 e. The van der Waals surface area contributed by atoms with Crippen LogP contribution in [0.25, 0.3) is 0 Å². The fourth-order valence-corrected chi connectivity index (χ4v) is 3.02. The molecule has 2 nitrogen and oxygen atoms in total. The first kappa shape index (κ1) is 16.8. The van der Waals surface area contributed by atoms with E-state index in [9.17, 15) is 9.18 Å². The Hall–Kier alpha value is -1.52. The van der Waals surface area contributed by atoms with E-state index in [2.05, 4.69) is 5.32 Å². The van der Waals surface area contributed by atoms with E-state index in [1.165, 1.54) is 29.5 Å². The van der Waals surface area contributed by atoms with Crippen molar-refractivity contribution >= 4 is 29.3 Å². The maximum Gasteiger partial charge on any atom is 0.230 e. The van der Waals surface area contributed by atoms with E-state index < -0.39 is 0 Å². The lowest BCUT2D eigenvalue weighted by atomic mass is 10.1. The van der Waals surface area contributed by atoms with Crippen molar-refractivity contribution < 1.29 is 9.18 Å². The van der Waals surface area contributed by atoms with Gasteiger partial charge >= 0.3 is 0 Å². The van der Waals surface area contributed by atoms with Crippen LogP contribution < -0.4 is 5.32 Å². The van der Waals surface area contributed by atoms with Crippen molar-refractivity contribution in [1.82, 2.24) is 5.32 Å². The van der Waals surface area contributed by atoms with E-state index in [0.717, 1.165) is 11.1 Å². The van der Waals surface area contributed by atoms with Crippen LogP contribution in [-0.4, -0.2) is 11.7 Å². The Morgan fingerprint density at radius 3 is 2.64 bits per heavy atom. The molecular weight excluding hydrogens is 321 g/mol. The second-order valence-electron chi connectivity index (χ2n) is 4.99. The summed E-state index contributed by atoms with van der Waals surface area (Å²) in [5.41, 5.74) is 3.10. The van der Waals surface area contributed by atoms with Crippen LogP contribution in [0.1, 0.15) is 16.7 Å². The summed E-state index contributed by atoms with van der Waals surface area (Å²) < 4.78 is 12.9. The summed E-state index contributed by atoms with van der Waals surface area (Å²) in [5.74, 6) is 0.551. The first-order valence-corrected chi connectivity index (χ1v) is 8.42. The van der Waals surface area contributed by atoms with Gasteiger partial charge in [-0.1, -0.05) is 47.5 Å². The van der Waals surface area contributed by atoms with Crippen LogP contribution in [0.4, 0.5) is 4.39 Å². The van der Waals surface area contributed by atoms with Gasteiger partial charge in [-0.25, -0.2) is 4.39 Å². The molecule has 22 heavy (non-hydrogen) atoms. The topological polar surface area (TPSA) is 29.1 Å². The van der Waals surface area contributed by atoms with Crippen LogP contribution in [0.3, 0.4) is 0 Å². The zero-order valence-corrected chi connectivity index (χ0v) is 13.8. The Labute approximate surface area is 139 Å². The number of hydrogen-bond acceptors (Lipinski definition) is 2.